The lowest BCUT2D eigenvalue weighted by atomic mass is 10.1. The maximum atomic E-state index is 13.5. The summed E-state index contributed by atoms with van der Waals surface area (Å²) in [5, 5.41) is -0.0601. The summed E-state index contributed by atoms with van der Waals surface area (Å²) in [6.07, 6.45) is -9.22. The largest absolute Gasteiger partial charge is 0.434 e. The van der Waals surface area contributed by atoms with Crippen molar-refractivity contribution in [2.24, 2.45) is 0 Å². The minimum Gasteiger partial charge on any atom is -0.398 e. The van der Waals surface area contributed by atoms with E-state index in [0.717, 1.165) is 23.5 Å². The first-order valence-electron chi connectivity index (χ1n) is 8.98. The smallest absolute Gasteiger partial charge is 0.398 e. The first-order valence-corrected chi connectivity index (χ1v) is 10.7. The molecule has 166 valence electrons. The fraction of sp³-hybridized carbons (Fsp3) is 0.450. The van der Waals surface area contributed by atoms with Gasteiger partial charge in [0.2, 0.25) is 0 Å². The number of pyridine rings is 1. The average molecular weight is 469 g/mol. The van der Waals surface area contributed by atoms with Crippen LogP contribution in [-0.4, -0.2) is 15.0 Å². The number of nitrogen functional groups attached to an aromatic ring is 1. The molecular formula is C20H22F6N2S2. The van der Waals surface area contributed by atoms with Crippen LogP contribution >= 0.6 is 23.5 Å². The number of nitrogens with two attached hydrogens (primary N) is 1. The van der Waals surface area contributed by atoms with Crippen LogP contribution in [0, 0.1) is 0 Å². The molecule has 0 aliphatic carbocycles. The van der Waals surface area contributed by atoms with E-state index >= 15 is 0 Å². The molecule has 10 heteroatoms. The predicted molar refractivity (Wildman–Crippen MR) is 110 cm³/mol. The van der Waals surface area contributed by atoms with Gasteiger partial charge < -0.3 is 5.73 Å². The highest BCUT2D eigenvalue weighted by Gasteiger charge is 2.38. The van der Waals surface area contributed by atoms with Crippen LogP contribution in [0.25, 0.3) is 0 Å². The van der Waals surface area contributed by atoms with Crippen LogP contribution in [0.15, 0.2) is 40.1 Å². The van der Waals surface area contributed by atoms with Gasteiger partial charge in [-0.15, -0.1) is 23.5 Å². The number of anilines is 1. The lowest BCUT2D eigenvalue weighted by molar-refractivity contribution is -0.143. The van der Waals surface area contributed by atoms with Crippen molar-refractivity contribution in [2.75, 3.05) is 5.73 Å². The number of hydrogen-bond donors (Lipinski definition) is 1. The van der Waals surface area contributed by atoms with Gasteiger partial charge in [-0.05, 0) is 38.1 Å². The highest BCUT2D eigenvalue weighted by Crippen LogP contribution is 2.45. The summed E-state index contributed by atoms with van der Waals surface area (Å²) in [5.41, 5.74) is 3.39. The van der Waals surface area contributed by atoms with E-state index in [9.17, 15) is 26.3 Å². The maximum Gasteiger partial charge on any atom is 0.434 e. The van der Waals surface area contributed by atoms with Crippen LogP contribution < -0.4 is 5.73 Å². The van der Waals surface area contributed by atoms with Gasteiger partial charge >= 0.3 is 12.4 Å². The van der Waals surface area contributed by atoms with Gasteiger partial charge in [-0.2, -0.15) is 26.3 Å². The van der Waals surface area contributed by atoms with Crippen molar-refractivity contribution in [1.29, 1.82) is 0 Å². The van der Waals surface area contributed by atoms with Gasteiger partial charge in [0.1, 0.15) is 0 Å². The van der Waals surface area contributed by atoms with Gasteiger partial charge in [-0.25, -0.2) is 4.98 Å². The Morgan fingerprint density at radius 1 is 0.933 bits per heavy atom. The van der Waals surface area contributed by atoms with E-state index in [4.69, 9.17) is 5.73 Å². The fourth-order valence-electron chi connectivity index (χ4n) is 2.84. The zero-order valence-electron chi connectivity index (χ0n) is 16.8. The molecule has 1 aromatic heterocycles. The normalized spacial score (nSPS) is 13.2. The standard InChI is InChI=1S/C20H22F6N2S2/c1-11(2)29-15-9-8-12(28-17(15)20(24,25)26)10-18(3,4)30-14-7-5-6-13(27)16(14)19(21,22)23/h5-9,11H,10,27H2,1-4H3. The molecule has 2 nitrogen and oxygen atoms in total. The molecule has 2 N–H and O–H groups in total. The second-order valence-corrected chi connectivity index (χ2v) is 10.9. The molecule has 30 heavy (non-hydrogen) atoms. The van der Waals surface area contributed by atoms with Gasteiger partial charge in [-0.3, -0.25) is 0 Å². The Balaban J connectivity index is 2.35. The van der Waals surface area contributed by atoms with Crippen molar-refractivity contribution in [2.45, 2.75) is 66.3 Å². The average Bonchev–Trinajstić information content (AvgIpc) is 2.52. The Bertz CT molecular complexity index is 892. The van der Waals surface area contributed by atoms with Crippen molar-refractivity contribution in [3.8, 4) is 0 Å². The maximum absolute atomic E-state index is 13.5. The number of hydrogen-bond acceptors (Lipinski definition) is 4. The zero-order valence-corrected chi connectivity index (χ0v) is 18.4. The van der Waals surface area contributed by atoms with Crippen molar-refractivity contribution >= 4 is 29.2 Å². The van der Waals surface area contributed by atoms with E-state index in [2.05, 4.69) is 4.98 Å². The number of nitrogens with zero attached hydrogens (tertiary/aromatic N) is 1. The minimum absolute atomic E-state index is 0.0295. The highest BCUT2D eigenvalue weighted by atomic mass is 32.2. The Labute approximate surface area is 180 Å². The molecule has 2 aromatic rings. The van der Waals surface area contributed by atoms with Crippen LogP contribution in [0.4, 0.5) is 32.0 Å². The number of aromatic nitrogens is 1. The van der Waals surface area contributed by atoms with Crippen LogP contribution in [0.2, 0.25) is 0 Å². The molecule has 1 heterocycles. The monoisotopic (exact) mass is 468 g/mol. The van der Waals surface area contributed by atoms with E-state index in [-0.39, 0.29) is 27.2 Å². The summed E-state index contributed by atoms with van der Waals surface area (Å²) >= 11 is 1.97. The quantitative estimate of drug-likeness (QED) is 0.274. The van der Waals surface area contributed by atoms with Crippen molar-refractivity contribution in [3.63, 3.8) is 0 Å². The SMILES string of the molecule is CC(C)Sc1ccc(CC(C)(C)Sc2cccc(N)c2C(F)(F)F)nc1C(F)(F)F. The Morgan fingerprint density at radius 3 is 2.10 bits per heavy atom. The van der Waals surface area contributed by atoms with Crippen LogP contribution in [0.1, 0.15) is 44.6 Å². The molecule has 0 saturated heterocycles. The van der Waals surface area contributed by atoms with Crippen LogP contribution in [0.5, 0.6) is 0 Å². The minimum atomic E-state index is -4.64. The molecule has 0 aliphatic heterocycles. The lowest BCUT2D eigenvalue weighted by Gasteiger charge is -2.26. The molecule has 1 aromatic carbocycles. The number of thioether (sulfide) groups is 2. The van der Waals surface area contributed by atoms with Gasteiger partial charge in [-0.1, -0.05) is 19.9 Å². The molecule has 0 spiro atoms. The lowest BCUT2D eigenvalue weighted by Crippen LogP contribution is -2.22. The molecule has 0 amide bonds. The molecule has 0 aliphatic rings. The Morgan fingerprint density at radius 2 is 1.57 bits per heavy atom. The first-order chi connectivity index (χ1) is 13.6. The van der Waals surface area contributed by atoms with E-state index in [1.807, 2.05) is 0 Å². The van der Waals surface area contributed by atoms with Crippen molar-refractivity contribution in [1.82, 2.24) is 4.98 Å². The topological polar surface area (TPSA) is 38.9 Å². The summed E-state index contributed by atoms with van der Waals surface area (Å²) < 4.78 is 79.8. The number of alkyl halides is 6. The summed E-state index contributed by atoms with van der Waals surface area (Å²) in [6, 6.07) is 6.76. The number of rotatable bonds is 6. The molecule has 0 atom stereocenters. The summed E-state index contributed by atoms with van der Waals surface area (Å²) in [7, 11) is 0. The van der Waals surface area contributed by atoms with Gasteiger partial charge in [0.05, 0.1) is 5.56 Å². The Kier molecular flexibility index (Phi) is 7.33. The van der Waals surface area contributed by atoms with Gasteiger partial charge in [0.25, 0.3) is 0 Å². The fourth-order valence-corrected chi connectivity index (χ4v) is 5.07. The van der Waals surface area contributed by atoms with E-state index in [1.54, 1.807) is 27.7 Å². The number of benzene rings is 1. The molecule has 0 unspecified atom stereocenters. The van der Waals surface area contributed by atoms with Crippen LogP contribution in [-0.2, 0) is 18.8 Å². The van der Waals surface area contributed by atoms with Gasteiger partial charge in [0, 0.05) is 37.6 Å². The summed E-state index contributed by atoms with van der Waals surface area (Å²) in [6.45, 7) is 6.88. The summed E-state index contributed by atoms with van der Waals surface area (Å²) in [4.78, 5) is 3.76. The van der Waals surface area contributed by atoms with E-state index in [1.165, 1.54) is 30.3 Å². The van der Waals surface area contributed by atoms with Crippen molar-refractivity contribution in [3.05, 3.63) is 47.3 Å². The second-order valence-electron chi connectivity index (χ2n) is 7.57. The van der Waals surface area contributed by atoms with Gasteiger partial charge in [0.15, 0.2) is 5.69 Å². The van der Waals surface area contributed by atoms with Crippen molar-refractivity contribution < 1.29 is 26.3 Å². The predicted octanol–water partition coefficient (Wildman–Crippen LogP) is 7.32. The van der Waals surface area contributed by atoms with Crippen LogP contribution in [0.3, 0.4) is 0 Å². The Hall–Kier alpha value is -1.55. The highest BCUT2D eigenvalue weighted by molar-refractivity contribution is 8.00. The van der Waals surface area contributed by atoms with E-state index < -0.39 is 34.0 Å². The van der Waals surface area contributed by atoms with E-state index in [0.29, 0.717) is 0 Å². The third-order valence-corrected chi connectivity index (χ3v) is 6.19. The molecule has 0 fully saturated rings. The molecule has 2 rings (SSSR count). The molecular weight excluding hydrogens is 446 g/mol. The summed E-state index contributed by atoms with van der Waals surface area (Å²) in [5.74, 6) is 0. The first kappa shape index (κ1) is 24.7. The second kappa shape index (κ2) is 8.90. The molecule has 0 bridgehead atoms. The molecule has 0 radical (unpaired) electrons. The third kappa shape index (κ3) is 6.47. The zero-order chi connectivity index (χ0) is 22.9. The molecule has 0 saturated carbocycles. The number of halogens is 6. The third-order valence-electron chi connectivity index (χ3n) is 3.88.